The molecule has 1 saturated heterocycles. The van der Waals surface area contributed by atoms with Crippen molar-refractivity contribution < 1.29 is 9.53 Å². The first-order chi connectivity index (χ1) is 10.2. The number of piperazine rings is 1. The minimum absolute atomic E-state index is 0.370. The Bertz CT molecular complexity index is 606. The number of hydrogen-bond donors (Lipinski definition) is 0. The monoisotopic (exact) mass is 303 g/mol. The number of nitrogens with zero attached hydrogens (tertiary/aromatic N) is 3. The topological polar surface area (TPSA) is 45.7 Å². The zero-order chi connectivity index (χ0) is 14.7. The van der Waals surface area contributed by atoms with Crippen molar-refractivity contribution in [3.8, 4) is 5.88 Å². The van der Waals surface area contributed by atoms with E-state index in [-0.39, 0.29) is 5.97 Å². The van der Waals surface area contributed by atoms with Crippen LogP contribution in [0, 0.1) is 0 Å². The lowest BCUT2D eigenvalue weighted by molar-refractivity contribution is 0.0728. The minimum Gasteiger partial charge on any atom is -0.403 e. The molecule has 0 spiro atoms. The van der Waals surface area contributed by atoms with E-state index in [0.717, 1.165) is 31.3 Å². The van der Waals surface area contributed by atoms with Gasteiger partial charge in [0.15, 0.2) is 5.13 Å². The average molecular weight is 303 g/mol. The molecule has 1 aliphatic rings. The molecule has 0 bridgehead atoms. The van der Waals surface area contributed by atoms with Gasteiger partial charge >= 0.3 is 5.97 Å². The standard InChI is InChI=1S/C15H17N3O2S/c1-17-7-9-18(10-8-17)15-16-13(11-21-15)20-14(19)12-5-3-2-4-6-12/h2-6,11H,7-10H2,1H3. The lowest BCUT2D eigenvalue weighted by Gasteiger charge is -2.31. The Labute approximate surface area is 127 Å². The summed E-state index contributed by atoms with van der Waals surface area (Å²) in [6.45, 7) is 3.96. The van der Waals surface area contributed by atoms with Gasteiger partial charge < -0.3 is 14.5 Å². The molecule has 2 aromatic rings. The molecule has 3 rings (SSSR count). The zero-order valence-electron chi connectivity index (χ0n) is 11.9. The van der Waals surface area contributed by atoms with Gasteiger partial charge in [0, 0.05) is 26.2 Å². The maximum Gasteiger partial charge on any atom is 0.344 e. The van der Waals surface area contributed by atoms with Gasteiger partial charge in [-0.2, -0.15) is 4.98 Å². The number of thiazole rings is 1. The summed E-state index contributed by atoms with van der Waals surface area (Å²) in [5, 5.41) is 2.70. The Kier molecular flexibility index (Phi) is 4.17. The van der Waals surface area contributed by atoms with Crippen LogP contribution in [0.2, 0.25) is 0 Å². The summed E-state index contributed by atoms with van der Waals surface area (Å²) in [6.07, 6.45) is 0. The third-order valence-corrected chi connectivity index (χ3v) is 4.33. The number of benzene rings is 1. The van der Waals surface area contributed by atoms with Crippen LogP contribution in [0.25, 0.3) is 0 Å². The first kappa shape index (κ1) is 14.0. The van der Waals surface area contributed by atoms with E-state index >= 15 is 0 Å². The summed E-state index contributed by atoms with van der Waals surface area (Å²) < 4.78 is 5.32. The van der Waals surface area contributed by atoms with Crippen LogP contribution in [0.1, 0.15) is 10.4 Å². The van der Waals surface area contributed by atoms with Crippen molar-refractivity contribution in [2.45, 2.75) is 0 Å². The van der Waals surface area contributed by atoms with Gasteiger partial charge in [0.05, 0.1) is 10.9 Å². The number of anilines is 1. The maximum absolute atomic E-state index is 12.0. The molecule has 0 amide bonds. The molecule has 0 saturated carbocycles. The van der Waals surface area contributed by atoms with Gasteiger partial charge in [-0.05, 0) is 19.2 Å². The molecule has 0 atom stereocenters. The van der Waals surface area contributed by atoms with E-state index in [1.54, 1.807) is 17.5 Å². The van der Waals surface area contributed by atoms with Crippen LogP contribution in [0.5, 0.6) is 5.88 Å². The lowest BCUT2D eigenvalue weighted by atomic mass is 10.2. The molecule has 1 aromatic heterocycles. The molecule has 0 N–H and O–H groups in total. The summed E-state index contributed by atoms with van der Waals surface area (Å²) >= 11 is 1.51. The number of hydrogen-bond acceptors (Lipinski definition) is 6. The van der Waals surface area contributed by atoms with E-state index in [4.69, 9.17) is 4.74 Å². The van der Waals surface area contributed by atoms with Crippen molar-refractivity contribution in [2.75, 3.05) is 38.1 Å². The van der Waals surface area contributed by atoms with Crippen LogP contribution in [-0.2, 0) is 0 Å². The molecule has 110 valence electrons. The number of rotatable bonds is 3. The Morgan fingerprint density at radius 1 is 1.19 bits per heavy atom. The van der Waals surface area contributed by atoms with Gasteiger partial charge in [-0.3, -0.25) is 0 Å². The SMILES string of the molecule is CN1CCN(c2nc(OC(=O)c3ccccc3)cs2)CC1. The fourth-order valence-electron chi connectivity index (χ4n) is 2.17. The van der Waals surface area contributed by atoms with Crippen LogP contribution in [-0.4, -0.2) is 49.1 Å². The highest BCUT2D eigenvalue weighted by Gasteiger charge is 2.18. The highest BCUT2D eigenvalue weighted by Crippen LogP contribution is 2.26. The molecule has 2 heterocycles. The van der Waals surface area contributed by atoms with Crippen molar-refractivity contribution in [3.05, 3.63) is 41.3 Å². The van der Waals surface area contributed by atoms with Crippen molar-refractivity contribution >= 4 is 22.4 Å². The third kappa shape index (κ3) is 3.40. The molecule has 0 aliphatic carbocycles. The van der Waals surface area contributed by atoms with Crippen LogP contribution in [0.15, 0.2) is 35.7 Å². The van der Waals surface area contributed by atoms with E-state index in [1.165, 1.54) is 11.3 Å². The molecular weight excluding hydrogens is 286 g/mol. The molecule has 21 heavy (non-hydrogen) atoms. The smallest absolute Gasteiger partial charge is 0.344 e. The summed E-state index contributed by atoms with van der Waals surface area (Å²) in [7, 11) is 2.12. The summed E-state index contributed by atoms with van der Waals surface area (Å²) in [5.41, 5.74) is 0.534. The van der Waals surface area contributed by atoms with Crippen molar-refractivity contribution in [2.24, 2.45) is 0 Å². The Hall–Kier alpha value is -1.92. The zero-order valence-corrected chi connectivity index (χ0v) is 12.7. The van der Waals surface area contributed by atoms with Crippen molar-refractivity contribution in [3.63, 3.8) is 0 Å². The highest BCUT2D eigenvalue weighted by molar-refractivity contribution is 7.13. The molecular formula is C15H17N3O2S. The van der Waals surface area contributed by atoms with Crippen LogP contribution < -0.4 is 9.64 Å². The first-order valence-corrected chi connectivity index (χ1v) is 7.76. The second kappa shape index (κ2) is 6.24. The van der Waals surface area contributed by atoms with Gasteiger partial charge in [0.2, 0.25) is 5.88 Å². The Morgan fingerprint density at radius 2 is 1.90 bits per heavy atom. The number of esters is 1. The molecule has 1 aliphatic heterocycles. The first-order valence-electron chi connectivity index (χ1n) is 6.88. The summed E-state index contributed by atoms with van der Waals surface area (Å²) in [5.74, 6) is 0.00797. The lowest BCUT2D eigenvalue weighted by Crippen LogP contribution is -2.44. The summed E-state index contributed by atoms with van der Waals surface area (Å²) in [6, 6.07) is 8.96. The third-order valence-electron chi connectivity index (χ3n) is 3.45. The van der Waals surface area contributed by atoms with Gasteiger partial charge in [-0.15, -0.1) is 11.3 Å². The number of likely N-dealkylation sites (N-methyl/N-ethyl adjacent to an activating group) is 1. The number of aromatic nitrogens is 1. The van der Waals surface area contributed by atoms with Crippen LogP contribution >= 0.6 is 11.3 Å². The normalized spacial score (nSPS) is 16.0. The van der Waals surface area contributed by atoms with E-state index in [9.17, 15) is 4.79 Å². The maximum atomic E-state index is 12.0. The molecule has 5 nitrogen and oxygen atoms in total. The van der Waals surface area contributed by atoms with E-state index in [0.29, 0.717) is 11.4 Å². The minimum atomic E-state index is -0.370. The molecule has 0 radical (unpaired) electrons. The van der Waals surface area contributed by atoms with Gasteiger partial charge in [0.1, 0.15) is 0 Å². The highest BCUT2D eigenvalue weighted by atomic mass is 32.1. The summed E-state index contributed by atoms with van der Waals surface area (Å²) in [4.78, 5) is 20.9. The molecule has 6 heteroatoms. The predicted molar refractivity (Wildman–Crippen MR) is 83.2 cm³/mol. The van der Waals surface area contributed by atoms with Crippen molar-refractivity contribution in [1.29, 1.82) is 0 Å². The van der Waals surface area contributed by atoms with Crippen molar-refractivity contribution in [1.82, 2.24) is 9.88 Å². The predicted octanol–water partition coefficient (Wildman–Crippen LogP) is 2.11. The van der Waals surface area contributed by atoms with E-state index < -0.39 is 0 Å². The number of carbonyl (C=O) groups excluding carboxylic acids is 1. The average Bonchev–Trinajstić information content (AvgIpc) is 2.97. The van der Waals surface area contributed by atoms with E-state index in [1.807, 2.05) is 18.2 Å². The van der Waals surface area contributed by atoms with E-state index in [2.05, 4.69) is 21.8 Å². The quantitative estimate of drug-likeness (QED) is 0.813. The van der Waals surface area contributed by atoms with Crippen LogP contribution in [0.4, 0.5) is 5.13 Å². The second-order valence-corrected chi connectivity index (χ2v) is 5.85. The second-order valence-electron chi connectivity index (χ2n) is 5.01. The van der Waals surface area contributed by atoms with Gasteiger partial charge in [-0.25, -0.2) is 4.79 Å². The number of ether oxygens (including phenoxy) is 1. The van der Waals surface area contributed by atoms with Crippen LogP contribution in [0.3, 0.4) is 0 Å². The van der Waals surface area contributed by atoms with Gasteiger partial charge in [-0.1, -0.05) is 18.2 Å². The molecule has 0 unspecified atom stereocenters. The molecule has 1 aromatic carbocycles. The fraction of sp³-hybridized carbons (Fsp3) is 0.333. The number of carbonyl (C=O) groups is 1. The largest absolute Gasteiger partial charge is 0.403 e. The fourth-order valence-corrected chi connectivity index (χ4v) is 2.95. The molecule has 1 fully saturated rings. The Morgan fingerprint density at radius 3 is 2.62 bits per heavy atom. The van der Waals surface area contributed by atoms with Gasteiger partial charge in [0.25, 0.3) is 0 Å². The Balaban J connectivity index is 1.64.